The lowest BCUT2D eigenvalue weighted by molar-refractivity contribution is 0.0964. The van der Waals surface area contributed by atoms with Crippen molar-refractivity contribution >= 4 is 16.8 Å². The van der Waals surface area contributed by atoms with Gasteiger partial charge < -0.3 is 10.3 Å². The van der Waals surface area contributed by atoms with Crippen molar-refractivity contribution in [3.05, 3.63) is 46.0 Å². The summed E-state index contributed by atoms with van der Waals surface area (Å²) in [5.41, 5.74) is 0.214. The molecule has 1 aromatic carbocycles. The average Bonchev–Trinajstić information content (AvgIpc) is 2.27. The van der Waals surface area contributed by atoms with Crippen molar-refractivity contribution in [3.8, 4) is 0 Å². The molecule has 0 aliphatic carbocycles. The van der Waals surface area contributed by atoms with E-state index < -0.39 is 17.3 Å². The van der Waals surface area contributed by atoms with Gasteiger partial charge in [0, 0.05) is 24.0 Å². The Hall–Kier alpha value is -2.17. The summed E-state index contributed by atoms with van der Waals surface area (Å²) in [5.74, 6) is -0.869. The molecule has 5 heteroatoms. The van der Waals surface area contributed by atoms with E-state index in [1.165, 1.54) is 25.2 Å². The standard InChI is InChI=1S/C11H9FN2O2/c1-13-11(16)8-5-10(15)14-9-3-2-6(12)4-7(8)9/h2-5H,1H3,(H,13,16)(H,14,15). The smallest absolute Gasteiger partial charge is 0.251 e. The topological polar surface area (TPSA) is 62.0 Å². The normalized spacial score (nSPS) is 10.4. The zero-order valence-corrected chi connectivity index (χ0v) is 8.50. The molecular weight excluding hydrogens is 211 g/mol. The Morgan fingerprint density at radius 1 is 1.38 bits per heavy atom. The van der Waals surface area contributed by atoms with Gasteiger partial charge in [-0.05, 0) is 18.2 Å². The van der Waals surface area contributed by atoms with E-state index in [0.29, 0.717) is 10.9 Å². The first-order chi connectivity index (χ1) is 7.61. The van der Waals surface area contributed by atoms with Gasteiger partial charge in [-0.15, -0.1) is 0 Å². The SMILES string of the molecule is CNC(=O)c1cc(=O)[nH]c2ccc(F)cc12. The molecule has 0 aliphatic heterocycles. The number of carbonyl (C=O) groups excluding carboxylic acids is 1. The molecule has 2 rings (SSSR count). The van der Waals surface area contributed by atoms with Crippen LogP contribution in [0.1, 0.15) is 10.4 Å². The van der Waals surface area contributed by atoms with Gasteiger partial charge in [0.05, 0.1) is 5.56 Å². The highest BCUT2D eigenvalue weighted by molar-refractivity contribution is 6.05. The lowest BCUT2D eigenvalue weighted by Crippen LogP contribution is -2.21. The van der Waals surface area contributed by atoms with Gasteiger partial charge in [0.2, 0.25) is 5.56 Å². The minimum absolute atomic E-state index is 0.167. The lowest BCUT2D eigenvalue weighted by atomic mass is 10.1. The van der Waals surface area contributed by atoms with Crippen LogP contribution in [0.3, 0.4) is 0 Å². The Morgan fingerprint density at radius 2 is 2.12 bits per heavy atom. The van der Waals surface area contributed by atoms with Gasteiger partial charge in [-0.3, -0.25) is 9.59 Å². The van der Waals surface area contributed by atoms with Crippen molar-refractivity contribution in [2.45, 2.75) is 0 Å². The molecule has 0 spiro atoms. The van der Waals surface area contributed by atoms with Gasteiger partial charge in [0.1, 0.15) is 5.82 Å². The number of rotatable bonds is 1. The van der Waals surface area contributed by atoms with Crippen molar-refractivity contribution in [3.63, 3.8) is 0 Å². The highest BCUT2D eigenvalue weighted by Gasteiger charge is 2.10. The number of carbonyl (C=O) groups is 1. The summed E-state index contributed by atoms with van der Waals surface area (Å²) in [6.45, 7) is 0. The van der Waals surface area contributed by atoms with E-state index in [0.717, 1.165) is 6.07 Å². The second kappa shape index (κ2) is 3.77. The van der Waals surface area contributed by atoms with Crippen LogP contribution in [0.25, 0.3) is 10.9 Å². The number of fused-ring (bicyclic) bond motifs is 1. The van der Waals surface area contributed by atoms with Crippen molar-refractivity contribution in [2.75, 3.05) is 7.05 Å². The molecule has 2 N–H and O–H groups in total. The van der Waals surface area contributed by atoms with Crippen LogP contribution < -0.4 is 10.9 Å². The zero-order valence-electron chi connectivity index (χ0n) is 8.50. The number of aromatic amines is 1. The van der Waals surface area contributed by atoms with Crippen molar-refractivity contribution < 1.29 is 9.18 Å². The molecule has 0 saturated carbocycles. The highest BCUT2D eigenvalue weighted by Crippen LogP contribution is 2.16. The van der Waals surface area contributed by atoms with E-state index in [1.807, 2.05) is 0 Å². The van der Waals surface area contributed by atoms with Crippen molar-refractivity contribution in [2.24, 2.45) is 0 Å². The van der Waals surface area contributed by atoms with Gasteiger partial charge in [-0.2, -0.15) is 0 Å². The molecule has 82 valence electrons. The van der Waals surface area contributed by atoms with E-state index in [2.05, 4.69) is 10.3 Å². The minimum Gasteiger partial charge on any atom is -0.355 e. The summed E-state index contributed by atoms with van der Waals surface area (Å²) in [6.07, 6.45) is 0. The molecule has 4 nitrogen and oxygen atoms in total. The van der Waals surface area contributed by atoms with E-state index in [9.17, 15) is 14.0 Å². The number of hydrogen-bond donors (Lipinski definition) is 2. The van der Waals surface area contributed by atoms with Crippen LogP contribution in [0, 0.1) is 5.82 Å². The van der Waals surface area contributed by atoms with Crippen LogP contribution in [0.2, 0.25) is 0 Å². The van der Waals surface area contributed by atoms with Crippen LogP contribution in [-0.4, -0.2) is 17.9 Å². The predicted molar refractivity (Wildman–Crippen MR) is 57.9 cm³/mol. The van der Waals surface area contributed by atoms with Crippen LogP contribution in [-0.2, 0) is 0 Å². The zero-order chi connectivity index (χ0) is 11.7. The predicted octanol–water partition coefficient (Wildman–Crippen LogP) is 1.03. The van der Waals surface area contributed by atoms with E-state index >= 15 is 0 Å². The Kier molecular flexibility index (Phi) is 2.44. The molecule has 0 aliphatic rings. The Bertz CT molecular complexity index is 619. The number of pyridine rings is 1. The number of hydrogen-bond acceptors (Lipinski definition) is 2. The maximum absolute atomic E-state index is 13.1. The number of halogens is 1. The Morgan fingerprint density at radius 3 is 2.81 bits per heavy atom. The van der Waals surface area contributed by atoms with Crippen molar-refractivity contribution in [1.82, 2.24) is 10.3 Å². The lowest BCUT2D eigenvalue weighted by Gasteiger charge is -2.04. The molecule has 0 atom stereocenters. The molecule has 1 aromatic heterocycles. The molecule has 0 bridgehead atoms. The first-order valence-electron chi connectivity index (χ1n) is 4.66. The molecule has 0 radical (unpaired) electrons. The molecule has 16 heavy (non-hydrogen) atoms. The van der Waals surface area contributed by atoms with E-state index in [4.69, 9.17) is 0 Å². The molecular formula is C11H9FN2O2. The number of amides is 1. The fourth-order valence-electron chi connectivity index (χ4n) is 1.55. The Balaban J connectivity index is 2.84. The third-order valence-corrected chi connectivity index (χ3v) is 2.28. The van der Waals surface area contributed by atoms with Gasteiger partial charge in [0.25, 0.3) is 5.91 Å². The highest BCUT2D eigenvalue weighted by atomic mass is 19.1. The third-order valence-electron chi connectivity index (χ3n) is 2.28. The largest absolute Gasteiger partial charge is 0.355 e. The fourth-order valence-corrected chi connectivity index (χ4v) is 1.55. The number of H-pyrrole nitrogens is 1. The first-order valence-corrected chi connectivity index (χ1v) is 4.66. The van der Waals surface area contributed by atoms with Gasteiger partial charge in [0.15, 0.2) is 0 Å². The third kappa shape index (κ3) is 1.67. The molecule has 2 aromatic rings. The quantitative estimate of drug-likeness (QED) is 0.753. The summed E-state index contributed by atoms with van der Waals surface area (Å²) < 4.78 is 13.1. The Labute approximate surface area is 90.1 Å². The van der Waals surface area contributed by atoms with Gasteiger partial charge in [-0.25, -0.2) is 4.39 Å². The van der Waals surface area contributed by atoms with Crippen LogP contribution in [0.15, 0.2) is 29.1 Å². The second-order valence-electron chi connectivity index (χ2n) is 3.32. The van der Waals surface area contributed by atoms with Crippen molar-refractivity contribution in [1.29, 1.82) is 0 Å². The second-order valence-corrected chi connectivity index (χ2v) is 3.32. The summed E-state index contributed by atoms with van der Waals surface area (Å²) in [6, 6.07) is 5.03. The minimum atomic E-state index is -0.454. The molecule has 0 saturated heterocycles. The molecule has 1 heterocycles. The maximum atomic E-state index is 13.1. The van der Waals surface area contributed by atoms with Crippen LogP contribution in [0.4, 0.5) is 4.39 Å². The molecule has 1 amide bonds. The summed E-state index contributed by atoms with van der Waals surface area (Å²) in [7, 11) is 1.45. The monoisotopic (exact) mass is 220 g/mol. The fraction of sp³-hybridized carbons (Fsp3) is 0.0909. The molecule has 0 fully saturated rings. The maximum Gasteiger partial charge on any atom is 0.251 e. The number of nitrogens with one attached hydrogen (secondary N) is 2. The average molecular weight is 220 g/mol. The number of aromatic nitrogens is 1. The van der Waals surface area contributed by atoms with Gasteiger partial charge in [-0.1, -0.05) is 0 Å². The summed E-state index contributed by atoms with van der Waals surface area (Å²) in [5, 5.41) is 2.79. The van der Waals surface area contributed by atoms with E-state index in [-0.39, 0.29) is 5.56 Å². The molecule has 0 unspecified atom stereocenters. The first kappa shape index (κ1) is 10.4. The van der Waals surface area contributed by atoms with Crippen LogP contribution >= 0.6 is 0 Å². The summed E-state index contributed by atoms with van der Waals surface area (Å²) in [4.78, 5) is 25.3. The van der Waals surface area contributed by atoms with Gasteiger partial charge >= 0.3 is 0 Å². The van der Waals surface area contributed by atoms with Crippen LogP contribution in [0.5, 0.6) is 0 Å². The number of benzene rings is 1. The van der Waals surface area contributed by atoms with E-state index in [1.54, 1.807) is 0 Å². The summed E-state index contributed by atoms with van der Waals surface area (Å²) >= 11 is 0.